The van der Waals surface area contributed by atoms with E-state index in [9.17, 15) is 4.79 Å². The Hall–Kier alpha value is -3.45. The Morgan fingerprint density at radius 2 is 1.57 bits per heavy atom. The normalized spacial score (nSPS) is 9.87. The van der Waals surface area contributed by atoms with Crippen LogP contribution < -0.4 is 4.74 Å². The molecule has 0 aliphatic heterocycles. The molecule has 110 valence electrons. The van der Waals surface area contributed by atoms with Crippen LogP contribution in [0.2, 0.25) is 0 Å². The van der Waals surface area contributed by atoms with Gasteiger partial charge in [-0.15, -0.1) is 0 Å². The first-order valence-corrected chi connectivity index (χ1v) is 7.00. The van der Waals surface area contributed by atoms with Crippen LogP contribution in [0.15, 0.2) is 72.9 Å². The third-order valence-electron chi connectivity index (χ3n) is 3.29. The van der Waals surface area contributed by atoms with Crippen LogP contribution in [0, 0.1) is 11.3 Å². The van der Waals surface area contributed by atoms with Crippen molar-refractivity contribution in [3.63, 3.8) is 0 Å². The van der Waals surface area contributed by atoms with Crippen LogP contribution in [0.3, 0.4) is 0 Å². The number of ether oxygens (including phenoxy) is 1. The van der Waals surface area contributed by atoms with E-state index in [-0.39, 0.29) is 5.69 Å². The van der Waals surface area contributed by atoms with Crippen molar-refractivity contribution in [1.82, 2.24) is 4.98 Å². The third-order valence-corrected chi connectivity index (χ3v) is 3.29. The number of hydrogen-bond donors (Lipinski definition) is 0. The van der Waals surface area contributed by atoms with Crippen molar-refractivity contribution >= 4 is 5.97 Å². The maximum atomic E-state index is 11.9. The predicted octanol–water partition coefficient (Wildman–Crippen LogP) is 3.84. The van der Waals surface area contributed by atoms with E-state index in [1.54, 1.807) is 48.7 Å². The number of carbonyl (C=O) groups excluding carboxylic acids is 1. The lowest BCUT2D eigenvalue weighted by Crippen LogP contribution is -2.09. The Bertz CT molecular complexity index is 849. The highest BCUT2D eigenvalue weighted by atomic mass is 16.5. The lowest BCUT2D eigenvalue weighted by molar-refractivity contribution is 0.0728. The van der Waals surface area contributed by atoms with E-state index in [1.807, 2.05) is 24.3 Å². The van der Waals surface area contributed by atoms with Gasteiger partial charge in [-0.2, -0.15) is 5.26 Å². The fourth-order valence-corrected chi connectivity index (χ4v) is 2.10. The third kappa shape index (κ3) is 3.42. The molecule has 0 aliphatic carbocycles. The number of nitrogens with zero attached hydrogens (tertiary/aromatic N) is 2. The maximum Gasteiger partial charge on any atom is 0.362 e. The number of nitriles is 1. The molecule has 1 heterocycles. The molecule has 2 aromatic carbocycles. The molecule has 0 amide bonds. The molecule has 4 heteroatoms. The largest absolute Gasteiger partial charge is 0.422 e. The predicted molar refractivity (Wildman–Crippen MR) is 85.8 cm³/mol. The molecule has 0 bridgehead atoms. The van der Waals surface area contributed by atoms with Crippen molar-refractivity contribution in [3.05, 3.63) is 84.2 Å². The average Bonchev–Trinajstić information content (AvgIpc) is 2.63. The maximum absolute atomic E-state index is 11.9. The van der Waals surface area contributed by atoms with Gasteiger partial charge in [0.25, 0.3) is 0 Å². The van der Waals surface area contributed by atoms with Crippen LogP contribution >= 0.6 is 0 Å². The standard InChI is InChI=1S/C19H12N2O2/c20-13-14-4-6-15(7-5-14)16-8-10-17(11-9-16)23-19(22)18-3-1-2-12-21-18/h1-12H. The highest BCUT2D eigenvalue weighted by Gasteiger charge is 2.09. The van der Waals surface area contributed by atoms with Gasteiger partial charge in [0, 0.05) is 6.20 Å². The monoisotopic (exact) mass is 300 g/mol. The van der Waals surface area contributed by atoms with E-state index >= 15 is 0 Å². The summed E-state index contributed by atoms with van der Waals surface area (Å²) in [6.45, 7) is 0. The number of esters is 1. The Morgan fingerprint density at radius 1 is 0.913 bits per heavy atom. The molecule has 4 nitrogen and oxygen atoms in total. The summed E-state index contributed by atoms with van der Waals surface area (Å²) in [5.41, 5.74) is 2.86. The summed E-state index contributed by atoms with van der Waals surface area (Å²) in [4.78, 5) is 15.9. The molecule has 0 spiro atoms. The molecule has 1 aromatic heterocycles. The van der Waals surface area contributed by atoms with Crippen molar-refractivity contribution in [3.8, 4) is 22.9 Å². The molecule has 23 heavy (non-hydrogen) atoms. The minimum absolute atomic E-state index is 0.267. The molecule has 3 rings (SSSR count). The molecule has 0 aliphatic rings. The number of benzene rings is 2. The number of hydrogen-bond acceptors (Lipinski definition) is 4. The molecule has 0 saturated heterocycles. The summed E-state index contributed by atoms with van der Waals surface area (Å²) < 4.78 is 5.28. The molecular weight excluding hydrogens is 288 g/mol. The molecular formula is C19H12N2O2. The second kappa shape index (κ2) is 6.54. The van der Waals surface area contributed by atoms with Crippen molar-refractivity contribution in [2.24, 2.45) is 0 Å². The van der Waals surface area contributed by atoms with E-state index in [4.69, 9.17) is 10.00 Å². The van der Waals surface area contributed by atoms with Crippen LogP contribution in [0.4, 0.5) is 0 Å². The van der Waals surface area contributed by atoms with Crippen LogP contribution in [0.5, 0.6) is 5.75 Å². The van der Waals surface area contributed by atoms with Gasteiger partial charge in [0.05, 0.1) is 11.6 Å². The first-order valence-electron chi connectivity index (χ1n) is 7.00. The zero-order valence-corrected chi connectivity index (χ0v) is 12.1. The van der Waals surface area contributed by atoms with E-state index in [1.165, 1.54) is 0 Å². The van der Waals surface area contributed by atoms with Crippen molar-refractivity contribution in [1.29, 1.82) is 5.26 Å². The lowest BCUT2D eigenvalue weighted by Gasteiger charge is -2.06. The molecule has 0 unspecified atom stereocenters. The van der Waals surface area contributed by atoms with Gasteiger partial charge in [-0.05, 0) is 47.5 Å². The Balaban J connectivity index is 1.74. The highest BCUT2D eigenvalue weighted by Crippen LogP contribution is 2.23. The number of rotatable bonds is 3. The summed E-state index contributed by atoms with van der Waals surface area (Å²) in [6, 6.07) is 21.7. The summed E-state index contributed by atoms with van der Waals surface area (Å²) in [5, 5.41) is 8.81. The van der Waals surface area contributed by atoms with E-state index < -0.39 is 5.97 Å². The molecule has 0 fully saturated rings. The van der Waals surface area contributed by atoms with Gasteiger partial charge in [-0.1, -0.05) is 30.3 Å². The van der Waals surface area contributed by atoms with E-state index in [0.717, 1.165) is 11.1 Å². The van der Waals surface area contributed by atoms with Crippen LogP contribution in [-0.4, -0.2) is 11.0 Å². The number of pyridine rings is 1. The van der Waals surface area contributed by atoms with Crippen LogP contribution in [0.25, 0.3) is 11.1 Å². The number of carbonyl (C=O) groups is 1. The fraction of sp³-hybridized carbons (Fsp3) is 0. The van der Waals surface area contributed by atoms with Gasteiger partial charge >= 0.3 is 5.97 Å². The number of aromatic nitrogens is 1. The topological polar surface area (TPSA) is 63.0 Å². The van der Waals surface area contributed by atoms with Crippen LogP contribution in [0.1, 0.15) is 16.1 Å². The molecule has 0 N–H and O–H groups in total. The van der Waals surface area contributed by atoms with Crippen LogP contribution in [-0.2, 0) is 0 Å². The van der Waals surface area contributed by atoms with Crippen molar-refractivity contribution in [2.45, 2.75) is 0 Å². The first kappa shape index (κ1) is 14.5. The van der Waals surface area contributed by atoms with Crippen molar-refractivity contribution in [2.75, 3.05) is 0 Å². The minimum Gasteiger partial charge on any atom is -0.422 e. The molecule has 0 saturated carbocycles. The smallest absolute Gasteiger partial charge is 0.362 e. The van der Waals surface area contributed by atoms with Gasteiger partial charge < -0.3 is 4.74 Å². The second-order valence-corrected chi connectivity index (χ2v) is 4.82. The Kier molecular flexibility index (Phi) is 4.12. The summed E-state index contributed by atoms with van der Waals surface area (Å²) in [6.07, 6.45) is 1.55. The molecule has 0 atom stereocenters. The Labute approximate surface area is 133 Å². The van der Waals surface area contributed by atoms with Gasteiger partial charge in [0.2, 0.25) is 0 Å². The van der Waals surface area contributed by atoms with Gasteiger partial charge in [-0.3, -0.25) is 0 Å². The fourth-order valence-electron chi connectivity index (χ4n) is 2.10. The zero-order chi connectivity index (χ0) is 16.1. The van der Waals surface area contributed by atoms with Crippen molar-refractivity contribution < 1.29 is 9.53 Å². The van der Waals surface area contributed by atoms with Gasteiger partial charge in [0.1, 0.15) is 11.4 Å². The zero-order valence-electron chi connectivity index (χ0n) is 12.1. The molecule has 0 radical (unpaired) electrons. The van der Waals surface area contributed by atoms with E-state index in [0.29, 0.717) is 11.3 Å². The van der Waals surface area contributed by atoms with Gasteiger partial charge in [-0.25, -0.2) is 9.78 Å². The summed E-state index contributed by atoms with van der Waals surface area (Å²) in [7, 11) is 0. The van der Waals surface area contributed by atoms with E-state index in [2.05, 4.69) is 11.1 Å². The summed E-state index contributed by atoms with van der Waals surface area (Å²) >= 11 is 0. The second-order valence-electron chi connectivity index (χ2n) is 4.82. The Morgan fingerprint density at radius 3 is 2.13 bits per heavy atom. The minimum atomic E-state index is -0.489. The lowest BCUT2D eigenvalue weighted by atomic mass is 10.0. The highest BCUT2D eigenvalue weighted by molar-refractivity contribution is 5.88. The quantitative estimate of drug-likeness (QED) is 0.544. The van der Waals surface area contributed by atoms with Gasteiger partial charge in [0.15, 0.2) is 0 Å². The molecule has 3 aromatic rings. The SMILES string of the molecule is N#Cc1ccc(-c2ccc(OC(=O)c3ccccn3)cc2)cc1. The summed E-state index contributed by atoms with van der Waals surface area (Å²) in [5.74, 6) is -0.0326. The first-order chi connectivity index (χ1) is 11.3. The average molecular weight is 300 g/mol.